The van der Waals surface area contributed by atoms with Crippen LogP contribution in [0.1, 0.15) is 30.5 Å². The minimum Gasteiger partial charge on any atom is -0.481 e. The van der Waals surface area contributed by atoms with Crippen molar-refractivity contribution in [2.45, 2.75) is 40.2 Å². The topological polar surface area (TPSA) is 38.3 Å². The average molecular weight is 297 g/mol. The summed E-state index contributed by atoms with van der Waals surface area (Å²) in [4.78, 5) is 12.3. The Bertz CT molecular complexity index is 627. The molecule has 2 rings (SSSR count). The lowest BCUT2D eigenvalue weighted by Gasteiger charge is -2.17. The second kappa shape index (κ2) is 7.12. The molecule has 0 radical (unpaired) electrons. The summed E-state index contributed by atoms with van der Waals surface area (Å²) >= 11 is 0. The molecule has 0 bridgehead atoms. The van der Waals surface area contributed by atoms with Gasteiger partial charge in [-0.3, -0.25) is 4.79 Å². The van der Waals surface area contributed by atoms with E-state index in [1.54, 1.807) is 6.92 Å². The summed E-state index contributed by atoms with van der Waals surface area (Å²) in [5.41, 5.74) is 4.21. The van der Waals surface area contributed by atoms with Gasteiger partial charge in [0.15, 0.2) is 6.10 Å². The number of carbonyl (C=O) groups is 1. The smallest absolute Gasteiger partial charge is 0.265 e. The summed E-state index contributed by atoms with van der Waals surface area (Å²) in [7, 11) is 0. The predicted molar refractivity (Wildman–Crippen MR) is 90.5 cm³/mol. The van der Waals surface area contributed by atoms with Gasteiger partial charge in [0, 0.05) is 5.69 Å². The lowest BCUT2D eigenvalue weighted by molar-refractivity contribution is -0.122. The van der Waals surface area contributed by atoms with E-state index in [0.717, 1.165) is 23.2 Å². The zero-order chi connectivity index (χ0) is 16.1. The molecule has 0 aliphatic heterocycles. The summed E-state index contributed by atoms with van der Waals surface area (Å²) in [5.74, 6) is 0.568. The molecule has 2 aromatic carbocycles. The van der Waals surface area contributed by atoms with Crippen molar-refractivity contribution in [1.82, 2.24) is 0 Å². The molecule has 1 N–H and O–H groups in total. The Morgan fingerprint density at radius 2 is 1.68 bits per heavy atom. The number of ether oxygens (including phenoxy) is 1. The van der Waals surface area contributed by atoms with Crippen LogP contribution in [0.25, 0.3) is 0 Å². The van der Waals surface area contributed by atoms with Gasteiger partial charge in [0.05, 0.1) is 0 Å². The highest BCUT2D eigenvalue weighted by atomic mass is 16.5. The zero-order valence-electron chi connectivity index (χ0n) is 13.6. The Hall–Kier alpha value is -2.29. The van der Waals surface area contributed by atoms with Gasteiger partial charge in [0.2, 0.25) is 0 Å². The van der Waals surface area contributed by atoms with E-state index in [-0.39, 0.29) is 5.91 Å². The highest BCUT2D eigenvalue weighted by molar-refractivity contribution is 5.95. The quantitative estimate of drug-likeness (QED) is 0.895. The third kappa shape index (κ3) is 3.88. The molecule has 0 heterocycles. The Morgan fingerprint density at radius 3 is 2.23 bits per heavy atom. The molecule has 0 aliphatic rings. The van der Waals surface area contributed by atoms with Crippen molar-refractivity contribution < 1.29 is 9.53 Å². The first-order valence-electron chi connectivity index (χ1n) is 7.64. The molecule has 3 heteroatoms. The fourth-order valence-corrected chi connectivity index (χ4v) is 2.30. The molecule has 2 aromatic rings. The molecule has 116 valence electrons. The Kier molecular flexibility index (Phi) is 5.21. The number of rotatable bonds is 5. The van der Waals surface area contributed by atoms with Crippen LogP contribution in [0, 0.1) is 13.8 Å². The van der Waals surface area contributed by atoms with Gasteiger partial charge >= 0.3 is 0 Å². The average Bonchev–Trinajstić information content (AvgIpc) is 2.51. The predicted octanol–water partition coefficient (Wildman–Crippen LogP) is 4.27. The number of amides is 1. The van der Waals surface area contributed by atoms with Crippen molar-refractivity contribution in [2.24, 2.45) is 0 Å². The first-order valence-corrected chi connectivity index (χ1v) is 7.64. The Labute approximate surface area is 132 Å². The van der Waals surface area contributed by atoms with E-state index in [2.05, 4.69) is 12.2 Å². The standard InChI is InChI=1S/C19H23NO2/c1-5-16-9-11-17(12-10-16)22-15(4)19(21)20-18-13(2)7-6-8-14(18)3/h6-12,15H,5H2,1-4H3,(H,20,21)/t15-/m1/s1. The first kappa shape index (κ1) is 16.1. The van der Waals surface area contributed by atoms with Gasteiger partial charge in [-0.2, -0.15) is 0 Å². The molecule has 0 fully saturated rings. The van der Waals surface area contributed by atoms with Gasteiger partial charge in [-0.05, 0) is 56.0 Å². The number of aryl methyl sites for hydroxylation is 3. The molecule has 3 nitrogen and oxygen atoms in total. The number of anilines is 1. The fourth-order valence-electron chi connectivity index (χ4n) is 2.30. The number of benzene rings is 2. The third-order valence-corrected chi connectivity index (χ3v) is 3.74. The summed E-state index contributed by atoms with van der Waals surface area (Å²) in [5, 5.41) is 2.96. The lowest BCUT2D eigenvalue weighted by Crippen LogP contribution is -2.30. The first-order chi connectivity index (χ1) is 10.5. The summed E-state index contributed by atoms with van der Waals surface area (Å²) in [6, 6.07) is 13.8. The molecule has 22 heavy (non-hydrogen) atoms. The van der Waals surface area contributed by atoms with Gasteiger partial charge in [-0.15, -0.1) is 0 Å². The molecule has 1 amide bonds. The number of nitrogens with one attached hydrogen (secondary N) is 1. The van der Waals surface area contributed by atoms with Gasteiger partial charge in [0.1, 0.15) is 5.75 Å². The number of para-hydroxylation sites is 1. The highest BCUT2D eigenvalue weighted by Gasteiger charge is 2.16. The molecule has 0 saturated carbocycles. The number of hydrogen-bond acceptors (Lipinski definition) is 2. The highest BCUT2D eigenvalue weighted by Crippen LogP contribution is 2.20. The van der Waals surface area contributed by atoms with Crippen molar-refractivity contribution in [2.75, 3.05) is 5.32 Å². The van der Waals surface area contributed by atoms with Crippen molar-refractivity contribution in [1.29, 1.82) is 0 Å². The molecule has 0 aliphatic carbocycles. The van der Waals surface area contributed by atoms with Crippen molar-refractivity contribution in [3.63, 3.8) is 0 Å². The summed E-state index contributed by atoms with van der Waals surface area (Å²) in [6.45, 7) is 7.84. The van der Waals surface area contributed by atoms with Crippen LogP contribution >= 0.6 is 0 Å². The van der Waals surface area contributed by atoms with E-state index in [1.807, 2.05) is 56.3 Å². The molecule has 0 saturated heterocycles. The van der Waals surface area contributed by atoms with Gasteiger partial charge < -0.3 is 10.1 Å². The van der Waals surface area contributed by atoms with E-state index < -0.39 is 6.10 Å². The van der Waals surface area contributed by atoms with Crippen LogP contribution in [-0.2, 0) is 11.2 Å². The lowest BCUT2D eigenvalue weighted by atomic mass is 10.1. The number of hydrogen-bond donors (Lipinski definition) is 1. The Balaban J connectivity index is 2.02. The molecule has 0 unspecified atom stereocenters. The van der Waals surface area contributed by atoms with Gasteiger partial charge in [-0.1, -0.05) is 37.3 Å². The van der Waals surface area contributed by atoms with E-state index in [4.69, 9.17) is 4.74 Å². The van der Waals surface area contributed by atoms with Crippen LogP contribution in [0.4, 0.5) is 5.69 Å². The summed E-state index contributed by atoms with van der Waals surface area (Å²) in [6.07, 6.45) is 0.439. The molecule has 1 atom stereocenters. The largest absolute Gasteiger partial charge is 0.481 e. The SMILES string of the molecule is CCc1ccc(O[C@H](C)C(=O)Nc2c(C)cccc2C)cc1. The monoisotopic (exact) mass is 297 g/mol. The molecular formula is C19H23NO2. The zero-order valence-corrected chi connectivity index (χ0v) is 13.6. The van der Waals surface area contributed by atoms with E-state index in [1.165, 1.54) is 5.56 Å². The van der Waals surface area contributed by atoms with Crippen LogP contribution < -0.4 is 10.1 Å². The minimum atomic E-state index is -0.550. The fraction of sp³-hybridized carbons (Fsp3) is 0.316. The molecule has 0 aromatic heterocycles. The maximum atomic E-state index is 12.3. The maximum Gasteiger partial charge on any atom is 0.265 e. The van der Waals surface area contributed by atoms with Crippen LogP contribution in [0.5, 0.6) is 5.75 Å². The van der Waals surface area contributed by atoms with Crippen LogP contribution in [0.15, 0.2) is 42.5 Å². The normalized spacial score (nSPS) is 11.8. The Morgan fingerprint density at radius 1 is 1.09 bits per heavy atom. The maximum absolute atomic E-state index is 12.3. The van der Waals surface area contributed by atoms with Crippen LogP contribution in [0.3, 0.4) is 0 Å². The molecule has 0 spiro atoms. The molecular weight excluding hydrogens is 274 g/mol. The van der Waals surface area contributed by atoms with Crippen molar-refractivity contribution in [3.8, 4) is 5.75 Å². The number of carbonyl (C=O) groups excluding carboxylic acids is 1. The van der Waals surface area contributed by atoms with E-state index >= 15 is 0 Å². The second-order valence-corrected chi connectivity index (χ2v) is 5.51. The van der Waals surface area contributed by atoms with Crippen molar-refractivity contribution >= 4 is 11.6 Å². The van der Waals surface area contributed by atoms with Gasteiger partial charge in [-0.25, -0.2) is 0 Å². The van der Waals surface area contributed by atoms with Crippen LogP contribution in [-0.4, -0.2) is 12.0 Å². The minimum absolute atomic E-state index is 0.142. The summed E-state index contributed by atoms with van der Waals surface area (Å²) < 4.78 is 5.72. The second-order valence-electron chi connectivity index (χ2n) is 5.51. The van der Waals surface area contributed by atoms with Crippen LogP contribution in [0.2, 0.25) is 0 Å². The van der Waals surface area contributed by atoms with Gasteiger partial charge in [0.25, 0.3) is 5.91 Å². The van der Waals surface area contributed by atoms with E-state index in [9.17, 15) is 4.79 Å². The third-order valence-electron chi connectivity index (χ3n) is 3.74. The van der Waals surface area contributed by atoms with Crippen molar-refractivity contribution in [3.05, 3.63) is 59.2 Å². The van der Waals surface area contributed by atoms with E-state index in [0.29, 0.717) is 5.75 Å².